The molecular formula is C17H16N6S3. The summed E-state index contributed by atoms with van der Waals surface area (Å²) in [4.78, 5) is 5.90. The largest absolute Gasteiger partial charge is 0.331 e. The van der Waals surface area contributed by atoms with Gasteiger partial charge in [-0.3, -0.25) is 0 Å². The lowest BCUT2D eigenvalue weighted by molar-refractivity contribution is 0.608. The van der Waals surface area contributed by atoms with E-state index >= 15 is 0 Å². The lowest BCUT2D eigenvalue weighted by Gasteiger charge is -2.05. The number of benzene rings is 1. The minimum Gasteiger partial charge on any atom is -0.331 e. The molecule has 4 aromatic rings. The van der Waals surface area contributed by atoms with Crippen molar-refractivity contribution < 1.29 is 0 Å². The van der Waals surface area contributed by atoms with Gasteiger partial charge in [0.25, 0.3) is 0 Å². The third-order valence-corrected chi connectivity index (χ3v) is 6.33. The second-order valence-electron chi connectivity index (χ2n) is 5.57. The van der Waals surface area contributed by atoms with Crippen LogP contribution in [-0.2, 0) is 12.3 Å². The van der Waals surface area contributed by atoms with E-state index in [-0.39, 0.29) is 0 Å². The van der Waals surface area contributed by atoms with Crippen molar-refractivity contribution in [2.24, 2.45) is 0 Å². The first-order valence-electron chi connectivity index (χ1n) is 7.96. The van der Waals surface area contributed by atoms with Crippen molar-refractivity contribution in [2.75, 3.05) is 5.32 Å². The highest BCUT2D eigenvalue weighted by atomic mass is 32.2. The average Bonchev–Trinajstić information content (AvgIpc) is 3.38. The molecule has 0 atom stereocenters. The molecule has 0 aliphatic heterocycles. The van der Waals surface area contributed by atoms with Crippen LogP contribution in [0.3, 0.4) is 0 Å². The number of rotatable bonds is 7. The van der Waals surface area contributed by atoms with Crippen LogP contribution < -0.4 is 5.32 Å². The molecular weight excluding hydrogens is 384 g/mol. The summed E-state index contributed by atoms with van der Waals surface area (Å²) >= 11 is 4.91. The van der Waals surface area contributed by atoms with Gasteiger partial charge in [-0.05, 0) is 40.4 Å². The van der Waals surface area contributed by atoms with Crippen molar-refractivity contribution in [3.05, 3.63) is 63.3 Å². The number of nitrogens with zero attached hydrogens (tertiary/aromatic N) is 5. The van der Waals surface area contributed by atoms with Gasteiger partial charge in [0, 0.05) is 21.7 Å². The second kappa shape index (κ2) is 7.98. The van der Waals surface area contributed by atoms with Crippen LogP contribution in [0.1, 0.15) is 16.1 Å². The Balaban J connectivity index is 1.38. The van der Waals surface area contributed by atoms with Crippen LogP contribution in [0, 0.1) is 6.92 Å². The minimum atomic E-state index is 0.699. The van der Waals surface area contributed by atoms with Crippen LogP contribution in [0.4, 0.5) is 10.8 Å². The summed E-state index contributed by atoms with van der Waals surface area (Å²) in [5.41, 5.74) is 3.30. The molecule has 9 heteroatoms. The van der Waals surface area contributed by atoms with Gasteiger partial charge in [-0.15, -0.1) is 27.8 Å². The molecule has 26 heavy (non-hydrogen) atoms. The van der Waals surface area contributed by atoms with E-state index in [0.29, 0.717) is 6.54 Å². The maximum atomic E-state index is 4.66. The predicted octanol–water partition coefficient (Wildman–Crippen LogP) is 4.58. The van der Waals surface area contributed by atoms with Crippen LogP contribution >= 0.6 is 34.4 Å². The highest BCUT2D eigenvalue weighted by molar-refractivity contribution is 7.98. The van der Waals surface area contributed by atoms with E-state index < -0.39 is 0 Å². The lowest BCUT2D eigenvalue weighted by Crippen LogP contribution is -2.02. The van der Waals surface area contributed by atoms with Crippen molar-refractivity contribution in [3.8, 4) is 0 Å². The van der Waals surface area contributed by atoms with E-state index in [1.165, 1.54) is 10.4 Å². The quantitative estimate of drug-likeness (QED) is 0.458. The van der Waals surface area contributed by atoms with Crippen molar-refractivity contribution in [3.63, 3.8) is 0 Å². The smallest absolute Gasteiger partial charge is 0.210 e. The maximum absolute atomic E-state index is 4.66. The van der Waals surface area contributed by atoms with Gasteiger partial charge in [-0.1, -0.05) is 36.0 Å². The monoisotopic (exact) mass is 400 g/mol. The highest BCUT2D eigenvalue weighted by Crippen LogP contribution is 2.27. The average molecular weight is 401 g/mol. The first-order valence-corrected chi connectivity index (χ1v) is 10.7. The van der Waals surface area contributed by atoms with E-state index in [1.807, 2.05) is 22.9 Å². The number of hydrogen-bond donors (Lipinski definition) is 1. The van der Waals surface area contributed by atoms with Crippen LogP contribution in [-0.4, -0.2) is 25.2 Å². The van der Waals surface area contributed by atoms with Crippen molar-refractivity contribution in [2.45, 2.75) is 24.4 Å². The number of aryl methyl sites for hydroxylation is 1. The molecule has 132 valence electrons. The molecule has 3 aromatic heterocycles. The van der Waals surface area contributed by atoms with Gasteiger partial charge in [0.2, 0.25) is 5.16 Å². The SMILES string of the molecule is Cc1ccccc1Nc1nc(CSc2nnnn2Cc2cccs2)cs1. The Labute approximate surface area is 163 Å². The number of thioether (sulfide) groups is 1. The topological polar surface area (TPSA) is 68.5 Å². The van der Waals surface area contributed by atoms with Gasteiger partial charge in [0.05, 0.1) is 12.2 Å². The minimum absolute atomic E-state index is 0.699. The van der Waals surface area contributed by atoms with E-state index in [9.17, 15) is 0 Å². The van der Waals surface area contributed by atoms with Gasteiger partial charge in [-0.25, -0.2) is 9.67 Å². The summed E-state index contributed by atoms with van der Waals surface area (Å²) in [5.74, 6) is 0.733. The Morgan fingerprint density at radius 1 is 1.15 bits per heavy atom. The number of anilines is 2. The van der Waals surface area contributed by atoms with Gasteiger partial charge in [0.15, 0.2) is 5.13 Å². The summed E-state index contributed by atoms with van der Waals surface area (Å²) in [7, 11) is 0. The molecule has 6 nitrogen and oxygen atoms in total. The third kappa shape index (κ3) is 4.12. The first-order chi connectivity index (χ1) is 12.8. The molecule has 0 aliphatic rings. The van der Waals surface area contributed by atoms with Crippen molar-refractivity contribution in [1.82, 2.24) is 25.2 Å². The number of nitrogens with one attached hydrogen (secondary N) is 1. The van der Waals surface area contributed by atoms with Gasteiger partial charge < -0.3 is 5.32 Å². The highest BCUT2D eigenvalue weighted by Gasteiger charge is 2.10. The maximum Gasteiger partial charge on any atom is 0.210 e. The van der Waals surface area contributed by atoms with Crippen molar-refractivity contribution >= 4 is 45.3 Å². The zero-order valence-corrected chi connectivity index (χ0v) is 16.4. The molecule has 0 aliphatic carbocycles. The van der Waals surface area contributed by atoms with E-state index in [2.05, 4.69) is 61.7 Å². The van der Waals surface area contributed by atoms with Crippen LogP contribution in [0.5, 0.6) is 0 Å². The standard InChI is InChI=1S/C17H16N6S3/c1-12-5-2-3-7-15(12)19-16-18-13(10-25-16)11-26-17-20-21-22-23(17)9-14-6-4-8-24-14/h2-8,10H,9,11H2,1H3,(H,18,19). The van der Waals surface area contributed by atoms with E-state index in [4.69, 9.17) is 0 Å². The Hall–Kier alpha value is -2.23. The second-order valence-corrected chi connectivity index (χ2v) is 8.40. The Morgan fingerprint density at radius 2 is 2.08 bits per heavy atom. The van der Waals surface area contributed by atoms with Crippen LogP contribution in [0.15, 0.2) is 52.3 Å². The summed E-state index contributed by atoms with van der Waals surface area (Å²) in [6, 6.07) is 12.3. The Kier molecular flexibility index (Phi) is 5.28. The summed E-state index contributed by atoms with van der Waals surface area (Å²) in [6.07, 6.45) is 0. The van der Waals surface area contributed by atoms with E-state index in [0.717, 1.165) is 27.4 Å². The third-order valence-electron chi connectivity index (χ3n) is 3.67. The fourth-order valence-electron chi connectivity index (χ4n) is 2.35. The molecule has 3 heterocycles. The molecule has 1 aromatic carbocycles. The summed E-state index contributed by atoms with van der Waals surface area (Å²) in [5, 5.41) is 21.2. The Bertz CT molecular complexity index is 976. The van der Waals surface area contributed by atoms with Crippen LogP contribution in [0.2, 0.25) is 0 Å². The zero-order chi connectivity index (χ0) is 17.8. The number of thiazole rings is 1. The van der Waals surface area contributed by atoms with Gasteiger partial charge in [0.1, 0.15) is 0 Å². The molecule has 0 saturated heterocycles. The molecule has 0 unspecified atom stereocenters. The molecule has 1 N–H and O–H groups in total. The first kappa shape index (κ1) is 17.2. The molecule has 0 spiro atoms. The normalized spacial score (nSPS) is 11.0. The predicted molar refractivity (Wildman–Crippen MR) is 107 cm³/mol. The molecule has 4 rings (SSSR count). The number of aromatic nitrogens is 5. The number of tetrazole rings is 1. The zero-order valence-electron chi connectivity index (χ0n) is 14.0. The molecule has 0 bridgehead atoms. The van der Waals surface area contributed by atoms with Gasteiger partial charge >= 0.3 is 0 Å². The molecule has 0 radical (unpaired) electrons. The van der Waals surface area contributed by atoms with E-state index in [1.54, 1.807) is 34.4 Å². The Morgan fingerprint density at radius 3 is 2.92 bits per heavy atom. The molecule has 0 saturated carbocycles. The molecule has 0 amide bonds. The number of hydrogen-bond acceptors (Lipinski definition) is 8. The summed E-state index contributed by atoms with van der Waals surface area (Å²) in [6.45, 7) is 2.78. The van der Waals surface area contributed by atoms with Gasteiger partial charge in [-0.2, -0.15) is 0 Å². The fraction of sp³-hybridized carbons (Fsp3) is 0.176. The summed E-state index contributed by atoms with van der Waals surface area (Å²) < 4.78 is 1.83. The van der Waals surface area contributed by atoms with Crippen LogP contribution in [0.25, 0.3) is 0 Å². The van der Waals surface area contributed by atoms with Crippen molar-refractivity contribution in [1.29, 1.82) is 0 Å². The molecule has 0 fully saturated rings. The number of para-hydroxylation sites is 1. The number of thiophene rings is 1. The lowest BCUT2D eigenvalue weighted by atomic mass is 10.2. The fourth-order valence-corrected chi connectivity index (χ4v) is 4.63.